The largest absolute Gasteiger partial charge is 0.379 e. The predicted molar refractivity (Wildman–Crippen MR) is 151 cm³/mol. The number of hydrogen-bond donors (Lipinski definition) is 1. The molecule has 4 heterocycles. The number of pyridine rings is 1. The van der Waals surface area contributed by atoms with Crippen LogP contribution in [-0.2, 0) is 21.4 Å². The molecule has 3 atom stereocenters. The first-order valence-electron chi connectivity index (χ1n) is 13.5. The average Bonchev–Trinajstić information content (AvgIpc) is 3.14. The highest BCUT2D eigenvalue weighted by Gasteiger charge is 2.40. The first-order valence-corrected chi connectivity index (χ1v) is 13.5. The molecule has 208 valence electrons. The van der Waals surface area contributed by atoms with E-state index in [9.17, 15) is 9.18 Å². The van der Waals surface area contributed by atoms with Crippen molar-refractivity contribution < 1.29 is 13.9 Å². The van der Waals surface area contributed by atoms with E-state index in [4.69, 9.17) is 4.74 Å². The maximum Gasteiger partial charge on any atom is 0.241 e. The van der Waals surface area contributed by atoms with Gasteiger partial charge in [-0.05, 0) is 31.5 Å². The number of ether oxygens (including phenoxy) is 1. The monoisotopic (exact) mass is 545 g/mol. The molecular formula is C29H41ClFN5O2. The maximum absolute atomic E-state index is 14.3. The van der Waals surface area contributed by atoms with Crippen LogP contribution in [0.4, 0.5) is 10.1 Å². The fourth-order valence-corrected chi connectivity index (χ4v) is 5.92. The Bertz CT molecular complexity index is 1130. The molecule has 5 rings (SSSR count). The Balaban J connectivity index is 0.00000336. The van der Waals surface area contributed by atoms with Gasteiger partial charge in [-0.25, -0.2) is 4.39 Å². The molecule has 3 aliphatic heterocycles. The number of amides is 1. The zero-order valence-corrected chi connectivity index (χ0v) is 23.8. The summed E-state index contributed by atoms with van der Waals surface area (Å²) in [6, 6.07) is 9.78. The smallest absolute Gasteiger partial charge is 0.241 e. The van der Waals surface area contributed by atoms with E-state index in [1.165, 1.54) is 6.07 Å². The third-order valence-electron chi connectivity index (χ3n) is 8.16. The highest BCUT2D eigenvalue weighted by atomic mass is 35.5. The van der Waals surface area contributed by atoms with Crippen LogP contribution in [0.1, 0.15) is 44.5 Å². The van der Waals surface area contributed by atoms with Crippen LogP contribution in [0.25, 0.3) is 0 Å². The minimum absolute atomic E-state index is 0. The molecule has 2 aromatic rings. The van der Waals surface area contributed by atoms with Gasteiger partial charge >= 0.3 is 0 Å². The lowest BCUT2D eigenvalue weighted by Crippen LogP contribution is -2.62. The van der Waals surface area contributed by atoms with Crippen LogP contribution in [0.2, 0.25) is 0 Å². The molecule has 0 bridgehead atoms. The second-order valence-electron chi connectivity index (χ2n) is 11.6. The molecule has 0 unspecified atom stereocenters. The number of carbonyl (C=O) groups excluding carboxylic acids is 1. The SMILES string of the molecule is C[C@@H]1CN(CC(=O)N2CC(C)(C)c3cnc(Cc4ccccc4F)cc32)[C@@H](CN2CCOC[C@H]2C)CN1.Cl. The van der Waals surface area contributed by atoms with E-state index < -0.39 is 0 Å². The molecular weight excluding hydrogens is 505 g/mol. The number of morpholine rings is 1. The van der Waals surface area contributed by atoms with Crippen LogP contribution >= 0.6 is 12.4 Å². The number of hydrogen-bond acceptors (Lipinski definition) is 6. The number of aromatic nitrogens is 1. The van der Waals surface area contributed by atoms with Gasteiger partial charge in [-0.3, -0.25) is 19.6 Å². The number of carbonyl (C=O) groups is 1. The molecule has 7 nitrogen and oxygen atoms in total. The van der Waals surface area contributed by atoms with Gasteiger partial charge in [-0.2, -0.15) is 0 Å². The number of piperazine rings is 1. The van der Waals surface area contributed by atoms with Gasteiger partial charge in [0.05, 0.1) is 25.4 Å². The normalized spacial score (nSPS) is 25.6. The van der Waals surface area contributed by atoms with Gasteiger partial charge < -0.3 is 15.0 Å². The molecule has 1 aromatic carbocycles. The van der Waals surface area contributed by atoms with Crippen molar-refractivity contribution in [3.63, 3.8) is 0 Å². The first kappa shape index (κ1) is 28.9. The molecule has 0 saturated carbocycles. The summed E-state index contributed by atoms with van der Waals surface area (Å²) in [6.07, 6.45) is 2.28. The number of rotatable bonds is 6. The van der Waals surface area contributed by atoms with Crippen molar-refractivity contribution >= 4 is 24.0 Å². The van der Waals surface area contributed by atoms with Crippen LogP contribution in [0.15, 0.2) is 36.5 Å². The van der Waals surface area contributed by atoms with Crippen LogP contribution < -0.4 is 10.2 Å². The minimum Gasteiger partial charge on any atom is -0.379 e. The molecule has 1 N–H and O–H groups in total. The summed E-state index contributed by atoms with van der Waals surface area (Å²) < 4.78 is 19.9. The van der Waals surface area contributed by atoms with Gasteiger partial charge in [0.2, 0.25) is 5.91 Å². The summed E-state index contributed by atoms with van der Waals surface area (Å²) in [5, 5.41) is 3.61. The predicted octanol–water partition coefficient (Wildman–Crippen LogP) is 3.24. The van der Waals surface area contributed by atoms with Gasteiger partial charge in [0.1, 0.15) is 5.82 Å². The Morgan fingerprint density at radius 3 is 2.79 bits per heavy atom. The van der Waals surface area contributed by atoms with Crippen LogP contribution in [0.5, 0.6) is 0 Å². The highest BCUT2D eigenvalue weighted by Crippen LogP contribution is 2.40. The molecule has 38 heavy (non-hydrogen) atoms. The van der Waals surface area contributed by atoms with Crippen molar-refractivity contribution in [1.82, 2.24) is 20.1 Å². The molecule has 9 heteroatoms. The molecule has 2 fully saturated rings. The van der Waals surface area contributed by atoms with Gasteiger partial charge in [0.25, 0.3) is 0 Å². The van der Waals surface area contributed by atoms with Crippen LogP contribution in [0, 0.1) is 5.82 Å². The lowest BCUT2D eigenvalue weighted by atomic mass is 9.88. The molecule has 2 saturated heterocycles. The Labute approximate surface area is 232 Å². The standard InChI is InChI=1S/C29H40FN5O2.ClH/c1-20-15-34(24(13-31-20)16-33-9-10-37-18-21(33)2)17-28(36)35-19-29(3,4)25-14-32-23(12-27(25)35)11-22-7-5-6-8-26(22)30;/h5-8,12,14,20-21,24,31H,9-11,13,15-19H2,1-4H3;1H/t20-,21-,24-;/m1./s1. The van der Waals surface area contributed by atoms with E-state index in [1.807, 2.05) is 23.2 Å². The number of fused-ring (bicyclic) bond motifs is 1. The number of benzene rings is 1. The zero-order chi connectivity index (χ0) is 26.2. The summed E-state index contributed by atoms with van der Waals surface area (Å²) >= 11 is 0. The quantitative estimate of drug-likeness (QED) is 0.601. The van der Waals surface area contributed by atoms with Crippen molar-refractivity contribution in [2.24, 2.45) is 0 Å². The molecule has 0 radical (unpaired) electrons. The molecule has 1 amide bonds. The highest BCUT2D eigenvalue weighted by molar-refractivity contribution is 5.97. The van der Waals surface area contributed by atoms with Gasteiger partial charge in [0.15, 0.2) is 0 Å². The fraction of sp³-hybridized carbons (Fsp3) is 0.586. The summed E-state index contributed by atoms with van der Waals surface area (Å²) in [4.78, 5) is 25.3. The third kappa shape index (κ3) is 6.20. The second kappa shape index (κ2) is 12.0. The molecule has 3 aliphatic rings. The van der Waals surface area contributed by atoms with Crippen molar-refractivity contribution in [2.75, 3.05) is 57.4 Å². The topological polar surface area (TPSA) is 60.9 Å². The lowest BCUT2D eigenvalue weighted by Gasteiger charge is -2.43. The van der Waals surface area contributed by atoms with E-state index in [1.54, 1.807) is 12.1 Å². The maximum atomic E-state index is 14.3. The number of nitrogens with zero attached hydrogens (tertiary/aromatic N) is 4. The molecule has 1 aromatic heterocycles. The van der Waals surface area contributed by atoms with Crippen molar-refractivity contribution in [2.45, 2.75) is 57.7 Å². The van der Waals surface area contributed by atoms with Gasteiger partial charge in [0, 0.05) is 80.1 Å². The van der Waals surface area contributed by atoms with E-state index in [2.05, 4.69) is 47.8 Å². The minimum atomic E-state index is -0.230. The molecule has 0 spiro atoms. The summed E-state index contributed by atoms with van der Waals surface area (Å²) in [5.74, 6) is -0.115. The zero-order valence-electron chi connectivity index (χ0n) is 23.0. The van der Waals surface area contributed by atoms with Gasteiger partial charge in [-0.1, -0.05) is 32.0 Å². The van der Waals surface area contributed by atoms with Gasteiger partial charge in [-0.15, -0.1) is 12.4 Å². The average molecular weight is 546 g/mol. The third-order valence-corrected chi connectivity index (χ3v) is 8.16. The Hall–Kier alpha value is -2.10. The Morgan fingerprint density at radius 2 is 2.03 bits per heavy atom. The fourth-order valence-electron chi connectivity index (χ4n) is 5.92. The van der Waals surface area contributed by atoms with Crippen LogP contribution in [0.3, 0.4) is 0 Å². The Kier molecular flexibility index (Phi) is 9.10. The van der Waals surface area contributed by atoms with Crippen molar-refractivity contribution in [3.8, 4) is 0 Å². The first-order chi connectivity index (χ1) is 17.7. The van der Waals surface area contributed by atoms with E-state index in [0.29, 0.717) is 37.2 Å². The summed E-state index contributed by atoms with van der Waals surface area (Å²) in [7, 11) is 0. The molecule has 0 aliphatic carbocycles. The summed E-state index contributed by atoms with van der Waals surface area (Å²) in [6.45, 7) is 14.8. The number of halogens is 2. The second-order valence-corrected chi connectivity index (χ2v) is 11.6. The van der Waals surface area contributed by atoms with E-state index in [0.717, 1.165) is 56.3 Å². The van der Waals surface area contributed by atoms with E-state index in [-0.39, 0.29) is 35.6 Å². The number of nitrogens with one attached hydrogen (secondary N) is 1. The van der Waals surface area contributed by atoms with Crippen LogP contribution in [-0.4, -0.2) is 91.3 Å². The van der Waals surface area contributed by atoms with E-state index >= 15 is 0 Å². The number of anilines is 1. The Morgan fingerprint density at radius 1 is 1.24 bits per heavy atom. The lowest BCUT2D eigenvalue weighted by molar-refractivity contribution is -0.121. The summed E-state index contributed by atoms with van der Waals surface area (Å²) in [5.41, 5.74) is 3.19. The van der Waals surface area contributed by atoms with Crippen molar-refractivity contribution in [1.29, 1.82) is 0 Å². The van der Waals surface area contributed by atoms with Crippen molar-refractivity contribution in [3.05, 3.63) is 59.2 Å².